The Balaban J connectivity index is 2.25. The molecule has 1 aromatic rings. The predicted molar refractivity (Wildman–Crippen MR) is 43.1 cm³/mol. The zero-order valence-electron chi connectivity index (χ0n) is 6.59. The fourth-order valence-corrected chi connectivity index (χ4v) is 0.990. The zero-order valence-corrected chi connectivity index (χ0v) is 6.59. The van der Waals surface area contributed by atoms with E-state index in [1.54, 1.807) is 0 Å². The maximum Gasteiger partial charge on any atom is 0.154 e. The molecular weight excluding hydrogens is 138 g/mol. The number of aromatic nitrogens is 3. The summed E-state index contributed by atoms with van der Waals surface area (Å²) in [5, 5.41) is 6.97. The summed E-state index contributed by atoms with van der Waals surface area (Å²) in [7, 11) is 0. The Hall–Kier alpha value is -1.12. The standard InChI is InChI=1S/C8H11N3/c1-5(2)7-9-8(11-10-7)6-3-4-6/h6H,1,3-4H2,2H3,(H,9,10,11). The van der Waals surface area contributed by atoms with Crippen molar-refractivity contribution in [3.05, 3.63) is 18.2 Å². The minimum Gasteiger partial charge on any atom is -0.259 e. The van der Waals surface area contributed by atoms with E-state index in [-0.39, 0.29) is 0 Å². The molecule has 1 aromatic heterocycles. The van der Waals surface area contributed by atoms with E-state index in [1.807, 2.05) is 6.92 Å². The van der Waals surface area contributed by atoms with Crippen LogP contribution in [0.15, 0.2) is 6.58 Å². The second-order valence-electron chi connectivity index (χ2n) is 3.10. The average molecular weight is 149 g/mol. The summed E-state index contributed by atoms with van der Waals surface area (Å²) in [6.07, 6.45) is 2.49. The lowest BCUT2D eigenvalue weighted by molar-refractivity contribution is 0.934. The smallest absolute Gasteiger partial charge is 0.154 e. The predicted octanol–water partition coefficient (Wildman–Crippen LogP) is 1.72. The van der Waals surface area contributed by atoms with Crippen molar-refractivity contribution in [2.24, 2.45) is 0 Å². The van der Waals surface area contributed by atoms with Crippen molar-refractivity contribution in [1.82, 2.24) is 15.2 Å². The van der Waals surface area contributed by atoms with E-state index in [0.29, 0.717) is 5.92 Å². The highest BCUT2D eigenvalue weighted by atomic mass is 15.2. The van der Waals surface area contributed by atoms with Gasteiger partial charge < -0.3 is 0 Å². The molecule has 0 radical (unpaired) electrons. The number of rotatable bonds is 2. The number of H-pyrrole nitrogens is 1. The van der Waals surface area contributed by atoms with Crippen molar-refractivity contribution in [3.63, 3.8) is 0 Å². The van der Waals surface area contributed by atoms with Crippen LogP contribution in [0.4, 0.5) is 0 Å². The molecule has 1 fully saturated rings. The summed E-state index contributed by atoms with van der Waals surface area (Å²) in [5.74, 6) is 2.41. The molecule has 1 heterocycles. The summed E-state index contributed by atoms with van der Waals surface area (Å²) in [4.78, 5) is 4.31. The number of hydrogen-bond acceptors (Lipinski definition) is 2. The first-order chi connectivity index (χ1) is 5.27. The van der Waals surface area contributed by atoms with E-state index < -0.39 is 0 Å². The third-order valence-corrected chi connectivity index (χ3v) is 1.85. The third-order valence-electron chi connectivity index (χ3n) is 1.85. The first-order valence-corrected chi connectivity index (χ1v) is 3.85. The van der Waals surface area contributed by atoms with Gasteiger partial charge in [-0.3, -0.25) is 5.10 Å². The summed E-state index contributed by atoms with van der Waals surface area (Å²) in [6.45, 7) is 5.71. The van der Waals surface area contributed by atoms with Crippen molar-refractivity contribution in [3.8, 4) is 0 Å². The van der Waals surface area contributed by atoms with Crippen LogP contribution < -0.4 is 0 Å². The maximum absolute atomic E-state index is 4.31. The van der Waals surface area contributed by atoms with Crippen molar-refractivity contribution in [2.75, 3.05) is 0 Å². The minimum atomic E-state index is 0.624. The van der Waals surface area contributed by atoms with E-state index in [2.05, 4.69) is 21.8 Å². The van der Waals surface area contributed by atoms with Crippen molar-refractivity contribution >= 4 is 5.57 Å². The molecule has 0 aromatic carbocycles. The third kappa shape index (κ3) is 1.18. The van der Waals surface area contributed by atoms with Crippen molar-refractivity contribution in [2.45, 2.75) is 25.7 Å². The molecule has 0 spiro atoms. The summed E-state index contributed by atoms with van der Waals surface area (Å²) < 4.78 is 0. The van der Waals surface area contributed by atoms with Gasteiger partial charge >= 0.3 is 0 Å². The molecule has 1 aliphatic carbocycles. The van der Waals surface area contributed by atoms with Gasteiger partial charge in [0.15, 0.2) is 11.6 Å². The molecule has 2 rings (SSSR count). The molecule has 0 aliphatic heterocycles. The molecule has 0 atom stereocenters. The summed E-state index contributed by atoms with van der Waals surface area (Å²) >= 11 is 0. The van der Waals surface area contributed by atoms with Gasteiger partial charge in [0.05, 0.1) is 0 Å². The van der Waals surface area contributed by atoms with Gasteiger partial charge in [-0.2, -0.15) is 5.10 Å². The second kappa shape index (κ2) is 2.19. The molecule has 58 valence electrons. The van der Waals surface area contributed by atoms with Crippen LogP contribution in [0.2, 0.25) is 0 Å². The van der Waals surface area contributed by atoms with E-state index in [9.17, 15) is 0 Å². The lowest BCUT2D eigenvalue weighted by Crippen LogP contribution is -1.82. The SMILES string of the molecule is C=C(C)c1nc(C2CC2)n[nH]1. The van der Waals surface area contributed by atoms with Gasteiger partial charge in [-0.1, -0.05) is 6.58 Å². The first kappa shape index (κ1) is 6.58. The highest BCUT2D eigenvalue weighted by Gasteiger charge is 2.27. The molecule has 1 N–H and O–H groups in total. The van der Waals surface area contributed by atoms with E-state index in [1.165, 1.54) is 12.8 Å². The van der Waals surface area contributed by atoms with Crippen molar-refractivity contribution in [1.29, 1.82) is 0 Å². The van der Waals surface area contributed by atoms with E-state index in [4.69, 9.17) is 0 Å². The van der Waals surface area contributed by atoms with Gasteiger partial charge in [0.2, 0.25) is 0 Å². The molecule has 1 aliphatic rings. The summed E-state index contributed by atoms with van der Waals surface area (Å²) in [5.41, 5.74) is 0.949. The Labute approximate surface area is 65.5 Å². The van der Waals surface area contributed by atoms with Gasteiger partial charge in [0.25, 0.3) is 0 Å². The Morgan fingerprint density at radius 1 is 1.64 bits per heavy atom. The molecule has 0 saturated heterocycles. The largest absolute Gasteiger partial charge is 0.259 e. The first-order valence-electron chi connectivity index (χ1n) is 3.85. The lowest BCUT2D eigenvalue weighted by Gasteiger charge is -1.86. The molecule has 11 heavy (non-hydrogen) atoms. The Morgan fingerprint density at radius 2 is 2.36 bits per heavy atom. The lowest BCUT2D eigenvalue weighted by atomic mass is 10.3. The Bertz CT molecular complexity index is 283. The van der Waals surface area contributed by atoms with Crippen LogP contribution in [0.3, 0.4) is 0 Å². The Kier molecular flexibility index (Phi) is 1.31. The number of hydrogen-bond donors (Lipinski definition) is 1. The minimum absolute atomic E-state index is 0.624. The number of aromatic amines is 1. The van der Waals surface area contributed by atoms with Crippen LogP contribution in [-0.4, -0.2) is 15.2 Å². The molecule has 1 saturated carbocycles. The van der Waals surface area contributed by atoms with Crippen LogP contribution in [0.25, 0.3) is 5.57 Å². The number of allylic oxidation sites excluding steroid dienone is 1. The van der Waals surface area contributed by atoms with Crippen LogP contribution in [0.1, 0.15) is 37.3 Å². The topological polar surface area (TPSA) is 41.6 Å². The summed E-state index contributed by atoms with van der Waals surface area (Å²) in [6, 6.07) is 0. The van der Waals surface area contributed by atoms with Gasteiger partial charge in [0.1, 0.15) is 0 Å². The molecule has 0 bridgehead atoms. The van der Waals surface area contributed by atoms with Gasteiger partial charge in [-0.05, 0) is 25.3 Å². The van der Waals surface area contributed by atoms with Gasteiger partial charge in [-0.25, -0.2) is 4.98 Å². The second-order valence-corrected chi connectivity index (χ2v) is 3.10. The molecular formula is C8H11N3. The molecule has 3 heteroatoms. The van der Waals surface area contributed by atoms with Crippen LogP contribution in [0.5, 0.6) is 0 Å². The normalized spacial score (nSPS) is 16.8. The van der Waals surface area contributed by atoms with Crippen LogP contribution in [0, 0.1) is 0 Å². The monoisotopic (exact) mass is 149 g/mol. The maximum atomic E-state index is 4.31. The average Bonchev–Trinajstić information content (AvgIpc) is 2.68. The zero-order chi connectivity index (χ0) is 7.84. The number of nitrogens with zero attached hydrogens (tertiary/aromatic N) is 2. The number of nitrogens with one attached hydrogen (secondary N) is 1. The van der Waals surface area contributed by atoms with Gasteiger partial charge in [0, 0.05) is 5.92 Å². The van der Waals surface area contributed by atoms with Gasteiger partial charge in [-0.15, -0.1) is 0 Å². The quantitative estimate of drug-likeness (QED) is 0.695. The fraction of sp³-hybridized carbons (Fsp3) is 0.500. The van der Waals surface area contributed by atoms with E-state index >= 15 is 0 Å². The molecule has 0 amide bonds. The van der Waals surface area contributed by atoms with Crippen LogP contribution >= 0.6 is 0 Å². The van der Waals surface area contributed by atoms with Crippen LogP contribution in [-0.2, 0) is 0 Å². The highest BCUT2D eigenvalue weighted by molar-refractivity contribution is 5.53. The Morgan fingerprint density at radius 3 is 2.82 bits per heavy atom. The highest BCUT2D eigenvalue weighted by Crippen LogP contribution is 2.37. The van der Waals surface area contributed by atoms with E-state index in [0.717, 1.165) is 17.2 Å². The molecule has 0 unspecified atom stereocenters. The molecule has 3 nitrogen and oxygen atoms in total. The van der Waals surface area contributed by atoms with Crippen molar-refractivity contribution < 1.29 is 0 Å². The fourth-order valence-electron chi connectivity index (χ4n) is 0.990.